The average molecular weight is 338 g/mol. The lowest BCUT2D eigenvalue weighted by Gasteiger charge is -2.36. The Morgan fingerprint density at radius 1 is 1.04 bits per heavy atom. The van der Waals surface area contributed by atoms with Crippen LogP contribution in [0.4, 0.5) is 5.82 Å². The van der Waals surface area contributed by atoms with Crippen LogP contribution in [0.2, 0.25) is 0 Å². The number of anilines is 1. The zero-order valence-electron chi connectivity index (χ0n) is 14.6. The Morgan fingerprint density at radius 2 is 1.80 bits per heavy atom. The van der Waals surface area contributed by atoms with Gasteiger partial charge in [-0.05, 0) is 37.3 Å². The molecule has 5 nitrogen and oxygen atoms in total. The fourth-order valence-corrected chi connectivity index (χ4v) is 4.08. The van der Waals surface area contributed by atoms with E-state index in [4.69, 9.17) is 0 Å². The fourth-order valence-electron chi connectivity index (χ4n) is 4.08. The lowest BCUT2D eigenvalue weighted by atomic mass is 9.87. The summed E-state index contributed by atoms with van der Waals surface area (Å²) < 4.78 is 0. The largest absolute Gasteiger partial charge is 0.388 e. The number of nitrogens with one attached hydrogen (secondary N) is 1. The summed E-state index contributed by atoms with van der Waals surface area (Å²) in [5.74, 6) is 1.43. The molecular formula is C20H26N4O. The summed E-state index contributed by atoms with van der Waals surface area (Å²) in [5, 5.41) is 14.1. The van der Waals surface area contributed by atoms with Crippen molar-refractivity contribution in [2.75, 3.05) is 31.1 Å². The van der Waals surface area contributed by atoms with Gasteiger partial charge in [-0.2, -0.15) is 0 Å². The summed E-state index contributed by atoms with van der Waals surface area (Å²) in [6.07, 6.45) is 5.31. The first kappa shape index (κ1) is 16.5. The number of fused-ring (bicyclic) bond motifs is 1. The van der Waals surface area contributed by atoms with Gasteiger partial charge >= 0.3 is 0 Å². The van der Waals surface area contributed by atoms with E-state index in [2.05, 4.69) is 20.2 Å². The van der Waals surface area contributed by atoms with E-state index in [9.17, 15) is 5.11 Å². The van der Waals surface area contributed by atoms with Crippen molar-refractivity contribution in [3.8, 4) is 0 Å². The number of hydrogen-bond acceptors (Lipinski definition) is 5. The van der Waals surface area contributed by atoms with E-state index in [-0.39, 0.29) is 6.10 Å². The second-order valence-corrected chi connectivity index (χ2v) is 7.05. The van der Waals surface area contributed by atoms with Crippen LogP contribution in [0.3, 0.4) is 0 Å². The number of rotatable bonds is 3. The zero-order valence-corrected chi connectivity index (χ0v) is 14.6. The highest BCUT2D eigenvalue weighted by atomic mass is 16.3. The van der Waals surface area contributed by atoms with Gasteiger partial charge in [0.05, 0.1) is 11.8 Å². The predicted molar refractivity (Wildman–Crippen MR) is 98.6 cm³/mol. The smallest absolute Gasteiger partial charge is 0.135 e. The molecule has 0 amide bonds. The highest BCUT2D eigenvalue weighted by molar-refractivity contribution is 5.49. The summed E-state index contributed by atoms with van der Waals surface area (Å²) in [6.45, 7) is 3.89. The maximum absolute atomic E-state index is 10.7. The van der Waals surface area contributed by atoms with Crippen LogP contribution in [0.15, 0.2) is 36.7 Å². The Morgan fingerprint density at radius 3 is 2.60 bits per heavy atom. The van der Waals surface area contributed by atoms with Crippen molar-refractivity contribution < 1.29 is 5.11 Å². The normalized spacial score (nSPS) is 20.0. The lowest BCUT2D eigenvalue weighted by Crippen LogP contribution is -2.37. The number of benzene rings is 1. The van der Waals surface area contributed by atoms with Crippen molar-refractivity contribution >= 4 is 5.82 Å². The summed E-state index contributed by atoms with van der Waals surface area (Å²) in [4.78, 5) is 11.5. The molecule has 25 heavy (non-hydrogen) atoms. The third kappa shape index (κ3) is 3.53. The average Bonchev–Trinajstić information content (AvgIpc) is 2.94. The van der Waals surface area contributed by atoms with E-state index in [1.54, 1.807) is 6.33 Å². The third-order valence-corrected chi connectivity index (χ3v) is 5.53. The van der Waals surface area contributed by atoms with Crippen molar-refractivity contribution in [3.63, 3.8) is 0 Å². The second kappa shape index (κ2) is 7.50. The molecule has 3 heterocycles. The van der Waals surface area contributed by atoms with Crippen molar-refractivity contribution in [2.45, 2.75) is 31.8 Å². The Hall–Kier alpha value is -1.98. The van der Waals surface area contributed by atoms with Gasteiger partial charge in [0, 0.05) is 31.6 Å². The van der Waals surface area contributed by atoms with Crippen LogP contribution < -0.4 is 10.2 Å². The topological polar surface area (TPSA) is 61.3 Å². The van der Waals surface area contributed by atoms with Crippen LogP contribution in [0, 0.1) is 5.92 Å². The number of aliphatic hydroxyl groups excluding tert-OH is 1. The van der Waals surface area contributed by atoms with Crippen LogP contribution in [0.1, 0.15) is 35.8 Å². The highest BCUT2D eigenvalue weighted by Crippen LogP contribution is 2.33. The lowest BCUT2D eigenvalue weighted by molar-refractivity contribution is 0.0928. The minimum Gasteiger partial charge on any atom is -0.388 e. The molecule has 1 aromatic carbocycles. The number of piperidine rings is 1. The molecule has 0 bridgehead atoms. The van der Waals surface area contributed by atoms with Gasteiger partial charge in [0.25, 0.3) is 0 Å². The van der Waals surface area contributed by atoms with Gasteiger partial charge in [-0.25, -0.2) is 9.97 Å². The molecule has 0 aliphatic carbocycles. The Bertz CT molecular complexity index is 698. The molecule has 1 aromatic heterocycles. The zero-order chi connectivity index (χ0) is 17.1. The summed E-state index contributed by atoms with van der Waals surface area (Å²) in [6, 6.07) is 10.0. The first-order chi connectivity index (χ1) is 12.3. The molecule has 132 valence electrons. The minimum absolute atomic E-state index is 0.320. The molecule has 0 spiro atoms. The first-order valence-corrected chi connectivity index (χ1v) is 9.34. The van der Waals surface area contributed by atoms with Gasteiger partial charge in [-0.3, -0.25) is 0 Å². The molecule has 2 aromatic rings. The molecule has 1 fully saturated rings. The Kier molecular flexibility index (Phi) is 4.95. The van der Waals surface area contributed by atoms with Gasteiger partial charge in [0.1, 0.15) is 12.1 Å². The van der Waals surface area contributed by atoms with E-state index in [0.29, 0.717) is 5.92 Å². The van der Waals surface area contributed by atoms with E-state index in [1.807, 2.05) is 30.3 Å². The Labute approximate surface area is 149 Å². The van der Waals surface area contributed by atoms with Gasteiger partial charge in [-0.1, -0.05) is 30.3 Å². The maximum atomic E-state index is 10.7. The third-order valence-electron chi connectivity index (χ3n) is 5.53. The van der Waals surface area contributed by atoms with Gasteiger partial charge in [0.15, 0.2) is 0 Å². The van der Waals surface area contributed by atoms with E-state index >= 15 is 0 Å². The minimum atomic E-state index is -0.366. The van der Waals surface area contributed by atoms with Crippen LogP contribution in [-0.4, -0.2) is 41.3 Å². The molecule has 2 N–H and O–H groups in total. The van der Waals surface area contributed by atoms with E-state index in [1.165, 1.54) is 11.3 Å². The fraction of sp³-hybridized carbons (Fsp3) is 0.500. The standard InChI is InChI=1S/C20H26N4O/c25-19(15-4-2-1-3-5-15)16-8-12-24(13-9-16)20-17-6-10-21-11-7-18(17)22-14-23-20/h1-5,14,16,19,21,25H,6-13H2. The van der Waals surface area contributed by atoms with Gasteiger partial charge < -0.3 is 15.3 Å². The number of aliphatic hydroxyl groups is 1. The molecular weight excluding hydrogens is 312 g/mol. The number of hydrogen-bond donors (Lipinski definition) is 2. The number of nitrogens with zero attached hydrogens (tertiary/aromatic N) is 3. The molecule has 0 saturated carbocycles. The van der Waals surface area contributed by atoms with E-state index in [0.717, 1.165) is 63.2 Å². The summed E-state index contributed by atoms with van der Waals surface area (Å²) >= 11 is 0. The van der Waals surface area contributed by atoms with Crippen molar-refractivity contribution in [2.24, 2.45) is 5.92 Å². The van der Waals surface area contributed by atoms with Crippen molar-refractivity contribution in [1.82, 2.24) is 15.3 Å². The van der Waals surface area contributed by atoms with Crippen molar-refractivity contribution in [3.05, 3.63) is 53.5 Å². The summed E-state index contributed by atoms with van der Waals surface area (Å²) in [5.41, 5.74) is 3.54. The molecule has 4 rings (SSSR count). The summed E-state index contributed by atoms with van der Waals surface area (Å²) in [7, 11) is 0. The van der Waals surface area contributed by atoms with Crippen LogP contribution in [0.25, 0.3) is 0 Å². The first-order valence-electron chi connectivity index (χ1n) is 9.34. The van der Waals surface area contributed by atoms with E-state index < -0.39 is 0 Å². The highest BCUT2D eigenvalue weighted by Gasteiger charge is 2.28. The van der Waals surface area contributed by atoms with Crippen LogP contribution in [-0.2, 0) is 12.8 Å². The van der Waals surface area contributed by atoms with Crippen LogP contribution in [0.5, 0.6) is 0 Å². The molecule has 0 radical (unpaired) electrons. The molecule has 2 aliphatic rings. The van der Waals surface area contributed by atoms with Crippen molar-refractivity contribution in [1.29, 1.82) is 0 Å². The molecule has 5 heteroatoms. The molecule has 1 atom stereocenters. The quantitative estimate of drug-likeness (QED) is 0.898. The van der Waals surface area contributed by atoms with Gasteiger partial charge in [0.2, 0.25) is 0 Å². The number of aromatic nitrogens is 2. The molecule has 1 saturated heterocycles. The monoisotopic (exact) mass is 338 g/mol. The second-order valence-electron chi connectivity index (χ2n) is 7.05. The maximum Gasteiger partial charge on any atom is 0.135 e. The SMILES string of the molecule is OC(c1ccccc1)C1CCN(c2ncnc3c2CCNCC3)CC1. The van der Waals surface area contributed by atoms with Crippen LogP contribution >= 0.6 is 0 Å². The van der Waals surface area contributed by atoms with Gasteiger partial charge in [-0.15, -0.1) is 0 Å². The Balaban J connectivity index is 1.46. The molecule has 1 unspecified atom stereocenters. The molecule has 2 aliphatic heterocycles. The predicted octanol–water partition coefficient (Wildman–Crippen LogP) is 2.11.